The van der Waals surface area contributed by atoms with Gasteiger partial charge in [-0.25, -0.2) is 9.79 Å². The minimum Gasteiger partial charge on any atom is -0.478 e. The second-order valence-corrected chi connectivity index (χ2v) is 6.93. The minimum absolute atomic E-state index is 0.121. The number of aromatic carboxylic acids is 1. The van der Waals surface area contributed by atoms with E-state index in [1.165, 1.54) is 23.9 Å². The van der Waals surface area contributed by atoms with Crippen LogP contribution in [-0.4, -0.2) is 33.6 Å². The summed E-state index contributed by atoms with van der Waals surface area (Å²) in [5, 5.41) is 9.54. The Morgan fingerprint density at radius 1 is 1.22 bits per heavy atom. The predicted octanol–water partition coefficient (Wildman–Crippen LogP) is 4.48. The Labute approximate surface area is 161 Å². The van der Waals surface area contributed by atoms with E-state index in [1.54, 1.807) is 23.1 Å². The average Bonchev–Trinajstić information content (AvgIpc) is 2.93. The molecule has 0 atom stereocenters. The lowest BCUT2D eigenvalue weighted by Crippen LogP contribution is -2.29. The lowest BCUT2D eigenvalue weighted by molar-refractivity contribution is -0.121. The van der Waals surface area contributed by atoms with Gasteiger partial charge in [0, 0.05) is 6.54 Å². The van der Waals surface area contributed by atoms with Crippen LogP contribution < -0.4 is 0 Å². The first-order valence-electron chi connectivity index (χ1n) is 8.29. The summed E-state index contributed by atoms with van der Waals surface area (Å²) in [5.74, 6) is -1.11. The Morgan fingerprint density at radius 3 is 2.56 bits per heavy atom. The fraction of sp³-hybridized carbons (Fsp3) is 0.0952. The maximum absolute atomic E-state index is 12.8. The predicted molar refractivity (Wildman–Crippen MR) is 109 cm³/mol. The first-order chi connectivity index (χ1) is 13.0. The van der Waals surface area contributed by atoms with Crippen molar-refractivity contribution in [3.8, 4) is 0 Å². The Morgan fingerprint density at radius 2 is 1.93 bits per heavy atom. The standard InChI is InChI=1S/C21H18N2O3S/c1-3-12-23-19(24)18(13-16-7-5-4-6-14(16)2)27-21(23)22-17-10-8-15(9-11-17)20(25)26/h3-11,13H,1,12H2,2H3,(H,25,26)/b18-13-,22-21?. The highest BCUT2D eigenvalue weighted by Crippen LogP contribution is 2.34. The molecule has 3 rings (SSSR count). The van der Waals surface area contributed by atoms with Crippen LogP contribution in [-0.2, 0) is 4.79 Å². The lowest BCUT2D eigenvalue weighted by atomic mass is 10.1. The molecule has 0 bridgehead atoms. The Kier molecular flexibility index (Phi) is 5.57. The number of rotatable bonds is 5. The number of thioether (sulfide) groups is 1. The van der Waals surface area contributed by atoms with Gasteiger partial charge in [0.1, 0.15) is 0 Å². The van der Waals surface area contributed by atoms with Crippen molar-refractivity contribution in [1.29, 1.82) is 0 Å². The number of aliphatic imine (C=N–C) groups is 1. The van der Waals surface area contributed by atoms with E-state index in [0.29, 0.717) is 22.3 Å². The van der Waals surface area contributed by atoms with Crippen molar-refractivity contribution in [3.63, 3.8) is 0 Å². The van der Waals surface area contributed by atoms with Gasteiger partial charge in [-0.2, -0.15) is 0 Å². The Balaban J connectivity index is 1.94. The smallest absolute Gasteiger partial charge is 0.335 e. The van der Waals surface area contributed by atoms with Crippen molar-refractivity contribution < 1.29 is 14.7 Å². The van der Waals surface area contributed by atoms with E-state index in [-0.39, 0.29) is 11.5 Å². The van der Waals surface area contributed by atoms with Crippen LogP contribution in [0.1, 0.15) is 21.5 Å². The van der Waals surface area contributed by atoms with Crippen molar-refractivity contribution in [2.24, 2.45) is 4.99 Å². The molecule has 0 spiro atoms. The highest BCUT2D eigenvalue weighted by molar-refractivity contribution is 8.18. The van der Waals surface area contributed by atoms with E-state index in [4.69, 9.17) is 5.11 Å². The zero-order valence-electron chi connectivity index (χ0n) is 14.8. The zero-order valence-corrected chi connectivity index (χ0v) is 15.6. The van der Waals surface area contributed by atoms with Crippen LogP contribution in [0, 0.1) is 6.92 Å². The molecule has 0 saturated carbocycles. The van der Waals surface area contributed by atoms with Crippen molar-refractivity contribution in [2.45, 2.75) is 6.92 Å². The molecule has 1 fully saturated rings. The third-order valence-electron chi connectivity index (χ3n) is 4.01. The van der Waals surface area contributed by atoms with Gasteiger partial charge >= 0.3 is 5.97 Å². The van der Waals surface area contributed by atoms with Crippen LogP contribution in [0.2, 0.25) is 0 Å². The molecule has 0 aromatic heterocycles. The number of carboxylic acid groups (broad SMARTS) is 1. The molecule has 2 aromatic carbocycles. The number of hydrogen-bond donors (Lipinski definition) is 1. The molecular formula is C21H18N2O3S. The van der Waals surface area contributed by atoms with E-state index in [1.807, 2.05) is 37.3 Å². The van der Waals surface area contributed by atoms with Crippen LogP contribution >= 0.6 is 11.8 Å². The highest BCUT2D eigenvalue weighted by Gasteiger charge is 2.32. The number of nitrogens with zero attached hydrogens (tertiary/aromatic N) is 2. The highest BCUT2D eigenvalue weighted by atomic mass is 32.2. The van der Waals surface area contributed by atoms with E-state index in [2.05, 4.69) is 11.6 Å². The van der Waals surface area contributed by atoms with Crippen molar-refractivity contribution in [1.82, 2.24) is 4.90 Å². The Hall–Kier alpha value is -3.12. The van der Waals surface area contributed by atoms with Crippen LogP contribution in [0.25, 0.3) is 6.08 Å². The maximum atomic E-state index is 12.8. The van der Waals surface area contributed by atoms with Gasteiger partial charge in [-0.3, -0.25) is 9.69 Å². The van der Waals surface area contributed by atoms with Gasteiger partial charge in [0.25, 0.3) is 5.91 Å². The second-order valence-electron chi connectivity index (χ2n) is 5.92. The quantitative estimate of drug-likeness (QED) is 0.615. The average molecular weight is 378 g/mol. The van der Waals surface area contributed by atoms with Crippen molar-refractivity contribution >= 4 is 40.6 Å². The molecule has 27 heavy (non-hydrogen) atoms. The summed E-state index contributed by atoms with van der Waals surface area (Å²) in [6.07, 6.45) is 3.52. The molecule has 5 nitrogen and oxygen atoms in total. The van der Waals surface area contributed by atoms with Gasteiger partial charge in [-0.15, -0.1) is 6.58 Å². The molecule has 1 N–H and O–H groups in total. The summed E-state index contributed by atoms with van der Waals surface area (Å²) in [6.45, 7) is 6.06. The largest absolute Gasteiger partial charge is 0.478 e. The van der Waals surface area contributed by atoms with Gasteiger partial charge in [-0.1, -0.05) is 30.3 Å². The molecule has 1 aliphatic rings. The number of amidine groups is 1. The molecule has 136 valence electrons. The normalized spacial score (nSPS) is 16.9. The topological polar surface area (TPSA) is 70.0 Å². The number of carbonyl (C=O) groups excluding carboxylic acids is 1. The molecule has 1 heterocycles. The monoisotopic (exact) mass is 378 g/mol. The third kappa shape index (κ3) is 4.17. The first-order valence-corrected chi connectivity index (χ1v) is 9.11. The number of carboxylic acids is 1. The molecule has 0 radical (unpaired) electrons. The van der Waals surface area contributed by atoms with E-state index >= 15 is 0 Å². The summed E-state index contributed by atoms with van der Waals surface area (Å²) >= 11 is 1.30. The van der Waals surface area contributed by atoms with E-state index < -0.39 is 5.97 Å². The van der Waals surface area contributed by atoms with Gasteiger partial charge < -0.3 is 5.11 Å². The van der Waals surface area contributed by atoms with Gasteiger partial charge in [0.05, 0.1) is 16.2 Å². The van der Waals surface area contributed by atoms with Crippen molar-refractivity contribution in [3.05, 3.63) is 82.8 Å². The van der Waals surface area contributed by atoms with E-state index in [9.17, 15) is 9.59 Å². The molecule has 1 aliphatic heterocycles. The Bertz CT molecular complexity index is 962. The summed E-state index contributed by atoms with van der Waals surface area (Å²) < 4.78 is 0. The number of amides is 1. The molecule has 1 saturated heterocycles. The fourth-order valence-electron chi connectivity index (χ4n) is 2.56. The number of aryl methyl sites for hydroxylation is 1. The number of benzene rings is 2. The summed E-state index contributed by atoms with van der Waals surface area (Å²) in [6, 6.07) is 14.1. The van der Waals surface area contributed by atoms with Crippen LogP contribution in [0.4, 0.5) is 5.69 Å². The number of carbonyl (C=O) groups is 2. The second kappa shape index (κ2) is 8.05. The molecule has 2 aromatic rings. The maximum Gasteiger partial charge on any atom is 0.335 e. The van der Waals surface area contributed by atoms with Gasteiger partial charge in [0.2, 0.25) is 0 Å². The fourth-order valence-corrected chi connectivity index (χ4v) is 3.56. The van der Waals surface area contributed by atoms with Gasteiger partial charge in [-0.05, 0) is 60.2 Å². The molecule has 0 aliphatic carbocycles. The summed E-state index contributed by atoms with van der Waals surface area (Å²) in [5.41, 5.74) is 2.85. The van der Waals surface area contributed by atoms with Crippen LogP contribution in [0.3, 0.4) is 0 Å². The SMILES string of the molecule is C=CCN1C(=O)/C(=C/c2ccccc2C)SC1=Nc1ccc(C(=O)O)cc1. The number of hydrogen-bond acceptors (Lipinski definition) is 4. The summed E-state index contributed by atoms with van der Waals surface area (Å²) in [7, 11) is 0. The van der Waals surface area contributed by atoms with Crippen LogP contribution in [0.5, 0.6) is 0 Å². The molecule has 6 heteroatoms. The van der Waals surface area contributed by atoms with E-state index in [0.717, 1.165) is 11.1 Å². The first kappa shape index (κ1) is 18.7. The molecular weight excluding hydrogens is 360 g/mol. The zero-order chi connectivity index (χ0) is 19.4. The minimum atomic E-state index is -0.989. The van der Waals surface area contributed by atoms with Crippen molar-refractivity contribution in [2.75, 3.05) is 6.54 Å². The molecule has 1 amide bonds. The van der Waals surface area contributed by atoms with Gasteiger partial charge in [0.15, 0.2) is 5.17 Å². The summed E-state index contributed by atoms with van der Waals surface area (Å²) in [4.78, 5) is 30.4. The van der Waals surface area contributed by atoms with Crippen LogP contribution in [0.15, 0.2) is 71.1 Å². The lowest BCUT2D eigenvalue weighted by Gasteiger charge is -2.12. The molecule has 0 unspecified atom stereocenters. The third-order valence-corrected chi connectivity index (χ3v) is 5.02.